The van der Waals surface area contributed by atoms with Crippen molar-refractivity contribution in [3.05, 3.63) is 0 Å². The molecular weight excluding hydrogens is 187 g/mol. The third-order valence-corrected chi connectivity index (χ3v) is 2.30. The van der Waals surface area contributed by atoms with Crippen LogP contribution in [0.2, 0.25) is 0 Å². The molecular formula is C9H15FN2O2. The van der Waals surface area contributed by atoms with Gasteiger partial charge < -0.3 is 10.2 Å². The molecule has 0 radical (unpaired) electrons. The van der Waals surface area contributed by atoms with Crippen LogP contribution in [-0.4, -0.2) is 42.5 Å². The summed E-state index contributed by atoms with van der Waals surface area (Å²) < 4.78 is 12.0. The minimum atomic E-state index is -0.433. The highest BCUT2D eigenvalue weighted by Gasteiger charge is 2.25. The van der Waals surface area contributed by atoms with Crippen molar-refractivity contribution in [3.63, 3.8) is 0 Å². The first-order valence-electron chi connectivity index (χ1n) is 4.77. The molecule has 1 saturated heterocycles. The molecule has 2 amide bonds. The predicted octanol–water partition coefficient (Wildman–Crippen LogP) is 0.0830. The summed E-state index contributed by atoms with van der Waals surface area (Å²) in [7, 11) is 0. The third kappa shape index (κ3) is 2.68. The highest BCUT2D eigenvalue weighted by molar-refractivity contribution is 5.87. The summed E-state index contributed by atoms with van der Waals surface area (Å²) in [5, 5.41) is 2.51. The van der Waals surface area contributed by atoms with Crippen LogP contribution < -0.4 is 5.32 Å². The monoisotopic (exact) mass is 202 g/mol. The van der Waals surface area contributed by atoms with E-state index in [1.807, 2.05) is 0 Å². The summed E-state index contributed by atoms with van der Waals surface area (Å²) in [4.78, 5) is 24.1. The summed E-state index contributed by atoms with van der Waals surface area (Å²) in [6, 6.07) is -0.128. The molecule has 0 aromatic carbocycles. The molecule has 1 fully saturated rings. The van der Waals surface area contributed by atoms with Gasteiger partial charge in [0.1, 0.15) is 0 Å². The van der Waals surface area contributed by atoms with Crippen molar-refractivity contribution in [2.45, 2.75) is 25.8 Å². The van der Waals surface area contributed by atoms with Crippen LogP contribution in [0.5, 0.6) is 0 Å². The van der Waals surface area contributed by atoms with Crippen molar-refractivity contribution in [3.8, 4) is 0 Å². The van der Waals surface area contributed by atoms with Gasteiger partial charge in [-0.1, -0.05) is 0 Å². The average Bonchev–Trinajstić information content (AvgIpc) is 2.25. The topological polar surface area (TPSA) is 49.4 Å². The second kappa shape index (κ2) is 4.93. The Kier molecular flexibility index (Phi) is 3.85. The zero-order valence-corrected chi connectivity index (χ0v) is 8.25. The van der Waals surface area contributed by atoms with Gasteiger partial charge in [-0.2, -0.15) is 0 Å². The minimum absolute atomic E-state index is 0.0372. The van der Waals surface area contributed by atoms with E-state index in [2.05, 4.69) is 5.32 Å². The lowest BCUT2D eigenvalue weighted by Gasteiger charge is -2.25. The number of alkyl halides is 1. The Labute approximate surface area is 82.5 Å². The summed E-state index contributed by atoms with van der Waals surface area (Å²) in [5.74, 6) is -0.245. The average molecular weight is 202 g/mol. The molecule has 1 atom stereocenters. The number of carbonyl (C=O) groups excluding carboxylic acids is 2. The van der Waals surface area contributed by atoms with E-state index in [-0.39, 0.29) is 24.4 Å². The fourth-order valence-corrected chi connectivity index (χ4v) is 1.55. The zero-order valence-electron chi connectivity index (χ0n) is 8.25. The molecule has 0 aromatic heterocycles. The SMILES string of the molecule is CC1CC(=O)NCC(=O)N1CCCF. The minimum Gasteiger partial charge on any atom is -0.347 e. The maximum Gasteiger partial charge on any atom is 0.242 e. The van der Waals surface area contributed by atoms with E-state index >= 15 is 0 Å². The second-order valence-corrected chi connectivity index (χ2v) is 3.46. The van der Waals surface area contributed by atoms with E-state index in [1.165, 1.54) is 0 Å². The van der Waals surface area contributed by atoms with Crippen LogP contribution in [-0.2, 0) is 9.59 Å². The molecule has 0 saturated carbocycles. The lowest BCUT2D eigenvalue weighted by Crippen LogP contribution is -2.40. The van der Waals surface area contributed by atoms with E-state index in [4.69, 9.17) is 0 Å². The standard InChI is InChI=1S/C9H15FN2O2/c1-7-5-8(13)11-6-9(14)12(7)4-2-3-10/h7H,2-6H2,1H3,(H,11,13). The van der Waals surface area contributed by atoms with Crippen LogP contribution in [0.15, 0.2) is 0 Å². The fraction of sp³-hybridized carbons (Fsp3) is 0.778. The fourth-order valence-electron chi connectivity index (χ4n) is 1.55. The molecule has 80 valence electrons. The Morgan fingerprint density at radius 3 is 2.93 bits per heavy atom. The molecule has 0 bridgehead atoms. The normalized spacial score (nSPS) is 23.3. The van der Waals surface area contributed by atoms with Gasteiger partial charge in [-0.05, 0) is 13.3 Å². The first kappa shape index (κ1) is 10.9. The molecule has 1 N–H and O–H groups in total. The molecule has 1 unspecified atom stereocenters. The summed E-state index contributed by atoms with van der Waals surface area (Å²) in [6.07, 6.45) is 0.641. The molecule has 0 aromatic rings. The number of hydrogen-bond acceptors (Lipinski definition) is 2. The van der Waals surface area contributed by atoms with Gasteiger partial charge in [-0.3, -0.25) is 14.0 Å². The van der Waals surface area contributed by atoms with Crippen molar-refractivity contribution in [2.24, 2.45) is 0 Å². The van der Waals surface area contributed by atoms with Crippen LogP contribution in [0.1, 0.15) is 19.8 Å². The van der Waals surface area contributed by atoms with E-state index in [0.717, 1.165) is 0 Å². The summed E-state index contributed by atoms with van der Waals surface area (Å²) >= 11 is 0. The van der Waals surface area contributed by atoms with Gasteiger partial charge in [0.05, 0.1) is 13.2 Å². The maximum absolute atomic E-state index is 12.0. The van der Waals surface area contributed by atoms with Crippen molar-refractivity contribution in [1.29, 1.82) is 0 Å². The number of hydrogen-bond donors (Lipinski definition) is 1. The number of halogens is 1. The first-order chi connectivity index (χ1) is 6.65. The van der Waals surface area contributed by atoms with Crippen LogP contribution in [0.4, 0.5) is 4.39 Å². The lowest BCUT2D eigenvalue weighted by molar-refractivity contribution is -0.131. The highest BCUT2D eigenvalue weighted by atomic mass is 19.1. The predicted molar refractivity (Wildman–Crippen MR) is 49.4 cm³/mol. The van der Waals surface area contributed by atoms with Crippen LogP contribution >= 0.6 is 0 Å². The molecule has 14 heavy (non-hydrogen) atoms. The van der Waals surface area contributed by atoms with Gasteiger partial charge in [0.25, 0.3) is 0 Å². The molecule has 0 aliphatic carbocycles. The second-order valence-electron chi connectivity index (χ2n) is 3.46. The zero-order chi connectivity index (χ0) is 10.6. The van der Waals surface area contributed by atoms with Gasteiger partial charge in [0.2, 0.25) is 11.8 Å². The Hall–Kier alpha value is -1.13. The molecule has 1 aliphatic rings. The van der Waals surface area contributed by atoms with Crippen molar-refractivity contribution in [2.75, 3.05) is 19.8 Å². The van der Waals surface area contributed by atoms with Gasteiger partial charge in [-0.15, -0.1) is 0 Å². The largest absolute Gasteiger partial charge is 0.347 e. The Morgan fingerprint density at radius 1 is 1.57 bits per heavy atom. The molecule has 4 nitrogen and oxygen atoms in total. The van der Waals surface area contributed by atoms with E-state index < -0.39 is 6.67 Å². The Morgan fingerprint density at radius 2 is 2.29 bits per heavy atom. The molecule has 1 rings (SSSR count). The molecule has 1 aliphatic heterocycles. The van der Waals surface area contributed by atoms with Crippen molar-refractivity contribution < 1.29 is 14.0 Å². The Balaban J connectivity index is 2.59. The van der Waals surface area contributed by atoms with Gasteiger partial charge in [0, 0.05) is 19.0 Å². The van der Waals surface area contributed by atoms with E-state index in [1.54, 1.807) is 11.8 Å². The number of amides is 2. The maximum atomic E-state index is 12.0. The number of nitrogens with one attached hydrogen (secondary N) is 1. The molecule has 0 spiro atoms. The van der Waals surface area contributed by atoms with Crippen LogP contribution in [0.3, 0.4) is 0 Å². The first-order valence-corrected chi connectivity index (χ1v) is 4.77. The smallest absolute Gasteiger partial charge is 0.242 e. The molecule has 1 heterocycles. The highest BCUT2D eigenvalue weighted by Crippen LogP contribution is 2.08. The quantitative estimate of drug-likeness (QED) is 0.704. The van der Waals surface area contributed by atoms with E-state index in [9.17, 15) is 14.0 Å². The van der Waals surface area contributed by atoms with Gasteiger partial charge >= 0.3 is 0 Å². The number of nitrogens with zero attached hydrogens (tertiary/aromatic N) is 1. The summed E-state index contributed by atoms with van der Waals surface area (Å²) in [6.45, 7) is 1.81. The van der Waals surface area contributed by atoms with Crippen LogP contribution in [0.25, 0.3) is 0 Å². The van der Waals surface area contributed by atoms with Crippen LogP contribution in [0, 0.1) is 0 Å². The lowest BCUT2D eigenvalue weighted by atomic mass is 10.2. The van der Waals surface area contributed by atoms with E-state index in [0.29, 0.717) is 19.4 Å². The van der Waals surface area contributed by atoms with Gasteiger partial charge in [0.15, 0.2) is 0 Å². The number of carbonyl (C=O) groups is 2. The Bertz CT molecular complexity index is 233. The number of rotatable bonds is 3. The summed E-state index contributed by atoms with van der Waals surface area (Å²) in [5.41, 5.74) is 0. The molecule has 5 heteroatoms. The van der Waals surface area contributed by atoms with Gasteiger partial charge in [-0.25, -0.2) is 0 Å². The van der Waals surface area contributed by atoms with Crippen molar-refractivity contribution in [1.82, 2.24) is 10.2 Å². The van der Waals surface area contributed by atoms with Crippen molar-refractivity contribution >= 4 is 11.8 Å². The third-order valence-electron chi connectivity index (χ3n) is 2.30.